The summed E-state index contributed by atoms with van der Waals surface area (Å²) in [5.41, 5.74) is 1.25. The van der Waals surface area contributed by atoms with Crippen molar-refractivity contribution in [2.75, 3.05) is 0 Å². The minimum atomic E-state index is -0.247. The van der Waals surface area contributed by atoms with Gasteiger partial charge in [-0.25, -0.2) is 9.50 Å². The van der Waals surface area contributed by atoms with Crippen molar-refractivity contribution < 1.29 is 10.2 Å². The van der Waals surface area contributed by atoms with Crippen LogP contribution in [0, 0.1) is 0 Å². The fraction of sp³-hybridized carbons (Fsp3) is 0. The molecule has 0 aliphatic heterocycles. The minimum Gasteiger partial charge on any atom is -0.504 e. The normalized spacial score (nSPS) is 10.9. The zero-order valence-electron chi connectivity index (χ0n) is 9.16. The van der Waals surface area contributed by atoms with Crippen LogP contribution in [0.25, 0.3) is 16.9 Å². The first-order valence-electron chi connectivity index (χ1n) is 5.25. The van der Waals surface area contributed by atoms with E-state index < -0.39 is 0 Å². The van der Waals surface area contributed by atoms with Crippen molar-refractivity contribution in [2.24, 2.45) is 0 Å². The molecule has 0 aliphatic rings. The largest absolute Gasteiger partial charge is 0.504 e. The lowest BCUT2D eigenvalue weighted by Crippen LogP contribution is -2.13. The standard InChI is InChI=1S/C12H9N3O3/c16-9-2-1-7(5-10(9)17)8-6-12(18)15-11(14-8)3-4-13-15/h1-6,13,16-17H. The van der Waals surface area contributed by atoms with E-state index in [2.05, 4.69) is 10.1 Å². The predicted molar refractivity (Wildman–Crippen MR) is 64.6 cm³/mol. The Morgan fingerprint density at radius 1 is 1.11 bits per heavy atom. The average Bonchev–Trinajstić information content (AvgIpc) is 2.81. The van der Waals surface area contributed by atoms with Gasteiger partial charge in [0.1, 0.15) is 0 Å². The van der Waals surface area contributed by atoms with Crippen molar-refractivity contribution in [1.82, 2.24) is 14.6 Å². The van der Waals surface area contributed by atoms with Crippen molar-refractivity contribution in [2.45, 2.75) is 0 Å². The highest BCUT2D eigenvalue weighted by Crippen LogP contribution is 2.29. The number of nitrogens with zero attached hydrogens (tertiary/aromatic N) is 2. The summed E-state index contributed by atoms with van der Waals surface area (Å²) in [7, 11) is 0. The van der Waals surface area contributed by atoms with Gasteiger partial charge in [0.25, 0.3) is 5.56 Å². The van der Waals surface area contributed by atoms with Gasteiger partial charge in [0, 0.05) is 23.9 Å². The van der Waals surface area contributed by atoms with Crippen LogP contribution in [0.5, 0.6) is 11.5 Å². The highest BCUT2D eigenvalue weighted by Gasteiger charge is 2.07. The third kappa shape index (κ3) is 1.51. The molecular formula is C12H9N3O3. The summed E-state index contributed by atoms with van der Waals surface area (Å²) in [6, 6.07) is 7.33. The van der Waals surface area contributed by atoms with Crippen molar-refractivity contribution in [3.05, 3.63) is 46.9 Å². The van der Waals surface area contributed by atoms with Crippen molar-refractivity contribution in [3.8, 4) is 22.8 Å². The second-order valence-corrected chi connectivity index (χ2v) is 3.84. The Hall–Kier alpha value is -2.76. The summed E-state index contributed by atoms with van der Waals surface area (Å²) >= 11 is 0. The van der Waals surface area contributed by atoms with Gasteiger partial charge in [0.2, 0.25) is 0 Å². The van der Waals surface area contributed by atoms with E-state index in [1.165, 1.54) is 22.7 Å². The van der Waals surface area contributed by atoms with Gasteiger partial charge in [-0.05, 0) is 18.2 Å². The van der Waals surface area contributed by atoms with Crippen LogP contribution in [0.1, 0.15) is 0 Å². The molecule has 0 saturated heterocycles. The number of fused-ring (bicyclic) bond motifs is 1. The van der Waals surface area contributed by atoms with Crippen LogP contribution in [0.4, 0.5) is 0 Å². The monoisotopic (exact) mass is 243 g/mol. The van der Waals surface area contributed by atoms with E-state index in [9.17, 15) is 15.0 Å². The molecule has 0 fully saturated rings. The maximum atomic E-state index is 11.8. The molecule has 0 radical (unpaired) electrons. The lowest BCUT2D eigenvalue weighted by atomic mass is 10.1. The number of aromatic hydroxyl groups is 2. The summed E-state index contributed by atoms with van der Waals surface area (Å²) in [6.45, 7) is 0. The maximum absolute atomic E-state index is 11.8. The van der Waals surface area contributed by atoms with Crippen LogP contribution in [0.2, 0.25) is 0 Å². The van der Waals surface area contributed by atoms with E-state index >= 15 is 0 Å². The Morgan fingerprint density at radius 2 is 1.94 bits per heavy atom. The van der Waals surface area contributed by atoms with Crippen LogP contribution < -0.4 is 5.56 Å². The lowest BCUT2D eigenvalue weighted by molar-refractivity contribution is 0.404. The van der Waals surface area contributed by atoms with Gasteiger partial charge in [-0.1, -0.05) is 0 Å². The van der Waals surface area contributed by atoms with Gasteiger partial charge in [-0.3, -0.25) is 9.89 Å². The van der Waals surface area contributed by atoms with Gasteiger partial charge in [0.05, 0.1) is 5.69 Å². The highest BCUT2D eigenvalue weighted by atomic mass is 16.3. The number of phenolic OH excluding ortho intramolecular Hbond substituents is 2. The Balaban J connectivity index is 2.24. The maximum Gasteiger partial charge on any atom is 0.273 e. The van der Waals surface area contributed by atoms with E-state index in [-0.39, 0.29) is 17.1 Å². The smallest absolute Gasteiger partial charge is 0.273 e. The number of hydrogen-bond acceptors (Lipinski definition) is 4. The molecular weight excluding hydrogens is 234 g/mol. The van der Waals surface area contributed by atoms with Crippen LogP contribution in [0.15, 0.2) is 41.3 Å². The van der Waals surface area contributed by atoms with E-state index in [1.807, 2.05) is 0 Å². The van der Waals surface area contributed by atoms with E-state index in [0.29, 0.717) is 16.9 Å². The first-order valence-corrected chi connectivity index (χ1v) is 5.25. The Morgan fingerprint density at radius 3 is 2.72 bits per heavy atom. The molecule has 2 aromatic heterocycles. The summed E-state index contributed by atoms with van der Waals surface area (Å²) < 4.78 is 1.31. The van der Waals surface area contributed by atoms with E-state index in [1.54, 1.807) is 18.3 Å². The second kappa shape index (κ2) is 3.63. The molecule has 0 unspecified atom stereocenters. The van der Waals surface area contributed by atoms with Gasteiger partial charge in [-0.15, -0.1) is 0 Å². The molecule has 1 aromatic carbocycles. The molecule has 0 spiro atoms. The molecule has 90 valence electrons. The number of aromatic nitrogens is 3. The Kier molecular flexibility index (Phi) is 2.09. The van der Waals surface area contributed by atoms with Crippen LogP contribution in [-0.2, 0) is 0 Å². The topological polar surface area (TPSA) is 90.6 Å². The quantitative estimate of drug-likeness (QED) is 0.558. The number of nitrogens with one attached hydrogen (secondary N) is 1. The molecule has 0 amide bonds. The van der Waals surface area contributed by atoms with Gasteiger partial charge < -0.3 is 10.2 Å². The molecule has 0 aliphatic carbocycles. The van der Waals surface area contributed by atoms with Crippen LogP contribution >= 0.6 is 0 Å². The zero-order valence-corrected chi connectivity index (χ0v) is 9.16. The molecule has 6 nitrogen and oxygen atoms in total. The fourth-order valence-corrected chi connectivity index (χ4v) is 1.76. The molecule has 0 bridgehead atoms. The predicted octanol–water partition coefficient (Wildman–Crippen LogP) is 1.10. The number of hydrogen-bond donors (Lipinski definition) is 3. The third-order valence-corrected chi connectivity index (χ3v) is 2.65. The summed E-state index contributed by atoms with van der Waals surface area (Å²) in [6.07, 6.45) is 1.61. The molecule has 2 heterocycles. The van der Waals surface area contributed by atoms with E-state index in [0.717, 1.165) is 0 Å². The van der Waals surface area contributed by atoms with Crippen molar-refractivity contribution in [1.29, 1.82) is 0 Å². The average molecular weight is 243 g/mol. The number of benzene rings is 1. The van der Waals surface area contributed by atoms with E-state index in [4.69, 9.17) is 0 Å². The number of rotatable bonds is 1. The number of phenols is 2. The Bertz CT molecular complexity index is 789. The lowest BCUT2D eigenvalue weighted by Gasteiger charge is -2.03. The number of aromatic amines is 1. The first kappa shape index (κ1) is 10.4. The molecule has 3 rings (SSSR count). The first-order chi connectivity index (χ1) is 8.65. The summed E-state index contributed by atoms with van der Waals surface area (Å²) in [5.74, 6) is -0.457. The Labute approximate surface area is 101 Å². The molecule has 6 heteroatoms. The second-order valence-electron chi connectivity index (χ2n) is 3.84. The minimum absolute atomic E-state index is 0.210. The summed E-state index contributed by atoms with van der Waals surface area (Å²) in [5, 5.41) is 21.4. The SMILES string of the molecule is O=c1cc(-c2ccc(O)c(O)c2)nc2cc[nH]n12. The molecule has 0 saturated carbocycles. The van der Waals surface area contributed by atoms with Crippen molar-refractivity contribution >= 4 is 5.65 Å². The van der Waals surface area contributed by atoms with Crippen LogP contribution in [-0.4, -0.2) is 24.8 Å². The molecule has 0 atom stereocenters. The number of H-pyrrole nitrogens is 1. The van der Waals surface area contributed by atoms with Crippen molar-refractivity contribution in [3.63, 3.8) is 0 Å². The zero-order chi connectivity index (χ0) is 12.7. The summed E-state index contributed by atoms with van der Waals surface area (Å²) in [4.78, 5) is 16.0. The highest BCUT2D eigenvalue weighted by molar-refractivity contribution is 5.64. The van der Waals surface area contributed by atoms with Gasteiger partial charge in [0.15, 0.2) is 17.1 Å². The van der Waals surface area contributed by atoms with Gasteiger partial charge in [-0.2, -0.15) is 0 Å². The molecule has 3 aromatic rings. The molecule has 3 N–H and O–H groups in total. The third-order valence-electron chi connectivity index (χ3n) is 2.65. The van der Waals surface area contributed by atoms with Crippen LogP contribution in [0.3, 0.4) is 0 Å². The fourth-order valence-electron chi connectivity index (χ4n) is 1.76. The molecule has 18 heavy (non-hydrogen) atoms. The van der Waals surface area contributed by atoms with Gasteiger partial charge >= 0.3 is 0 Å².